The minimum absolute atomic E-state index is 0.860. The lowest BCUT2D eigenvalue weighted by atomic mass is 10.1. The van der Waals surface area contributed by atoms with Gasteiger partial charge in [0.1, 0.15) is 4.32 Å². The van der Waals surface area contributed by atoms with Crippen LogP contribution < -0.4 is 0 Å². The zero-order valence-corrected chi connectivity index (χ0v) is 10.9. The normalized spacial score (nSPS) is 17.1. The number of rotatable bonds is 6. The molecule has 0 amide bonds. The van der Waals surface area contributed by atoms with Gasteiger partial charge < -0.3 is 4.90 Å². The molecule has 1 heterocycles. The summed E-state index contributed by atoms with van der Waals surface area (Å²) in [7, 11) is 0. The van der Waals surface area contributed by atoms with Crippen LogP contribution in [0.15, 0.2) is 0 Å². The Hall–Kier alpha value is 0.240. The molecule has 0 aliphatic carbocycles. The Bertz CT molecular complexity index is 180. The van der Waals surface area contributed by atoms with E-state index in [2.05, 4.69) is 18.7 Å². The Morgan fingerprint density at radius 2 is 2.14 bits per heavy atom. The number of thioether (sulfide) groups is 1. The van der Waals surface area contributed by atoms with E-state index >= 15 is 0 Å². The first kappa shape index (κ1) is 12.3. The molecule has 0 N–H and O–H groups in total. The third-order valence-electron chi connectivity index (χ3n) is 2.55. The van der Waals surface area contributed by atoms with Crippen LogP contribution in [0.2, 0.25) is 0 Å². The molecule has 0 saturated carbocycles. The molecule has 0 aromatic rings. The maximum atomic E-state index is 5.25. The summed E-state index contributed by atoms with van der Waals surface area (Å²) in [6.45, 7) is 6.95. The number of unbranched alkanes of at least 4 members (excludes halogenated alkanes) is 2. The van der Waals surface area contributed by atoms with Crippen molar-refractivity contribution in [2.45, 2.75) is 39.5 Å². The lowest BCUT2D eigenvalue weighted by Crippen LogP contribution is -2.23. The Balaban J connectivity index is 1.96. The van der Waals surface area contributed by atoms with E-state index in [1.807, 2.05) is 11.8 Å². The van der Waals surface area contributed by atoms with E-state index in [1.165, 1.54) is 44.5 Å². The summed E-state index contributed by atoms with van der Waals surface area (Å²) in [5, 5.41) is 0. The molecule has 1 aliphatic heterocycles. The van der Waals surface area contributed by atoms with Crippen molar-refractivity contribution >= 4 is 28.3 Å². The van der Waals surface area contributed by atoms with Gasteiger partial charge in [0.05, 0.1) is 0 Å². The summed E-state index contributed by atoms with van der Waals surface area (Å²) in [6.07, 6.45) is 5.43. The first-order valence-corrected chi connectivity index (χ1v) is 7.01. The predicted octanol–water partition coefficient (Wildman–Crippen LogP) is 3.54. The second kappa shape index (κ2) is 6.67. The second-order valence-corrected chi connectivity index (χ2v) is 6.07. The number of hydrogen-bond acceptors (Lipinski definition) is 2. The largest absolute Gasteiger partial charge is 0.357 e. The SMILES string of the molecule is CC(C)CCCCCN1CCSC1=S. The minimum atomic E-state index is 0.860. The van der Waals surface area contributed by atoms with Gasteiger partial charge in [-0.05, 0) is 12.3 Å². The topological polar surface area (TPSA) is 3.24 Å². The van der Waals surface area contributed by atoms with Crippen molar-refractivity contribution in [3.8, 4) is 0 Å². The predicted molar refractivity (Wildman–Crippen MR) is 69.9 cm³/mol. The van der Waals surface area contributed by atoms with Gasteiger partial charge in [0.2, 0.25) is 0 Å². The van der Waals surface area contributed by atoms with E-state index in [1.54, 1.807) is 0 Å². The van der Waals surface area contributed by atoms with Gasteiger partial charge in [-0.2, -0.15) is 0 Å². The van der Waals surface area contributed by atoms with Crippen LogP contribution >= 0.6 is 24.0 Å². The highest BCUT2D eigenvalue weighted by molar-refractivity contribution is 8.23. The van der Waals surface area contributed by atoms with Gasteiger partial charge in [-0.3, -0.25) is 0 Å². The van der Waals surface area contributed by atoms with E-state index in [0.29, 0.717) is 0 Å². The molecule has 0 bridgehead atoms. The number of hydrogen-bond donors (Lipinski definition) is 0. The third kappa shape index (κ3) is 4.65. The quantitative estimate of drug-likeness (QED) is 0.508. The molecular formula is C11H21NS2. The van der Waals surface area contributed by atoms with Crippen molar-refractivity contribution in [1.82, 2.24) is 4.90 Å². The van der Waals surface area contributed by atoms with Crippen LogP contribution in [0.5, 0.6) is 0 Å². The van der Waals surface area contributed by atoms with Gasteiger partial charge in [-0.1, -0.05) is 57.1 Å². The Labute approximate surface area is 97.6 Å². The summed E-state index contributed by atoms with van der Waals surface area (Å²) in [6, 6.07) is 0. The molecule has 1 fully saturated rings. The highest BCUT2D eigenvalue weighted by Gasteiger charge is 2.15. The van der Waals surface area contributed by atoms with Crippen LogP contribution in [-0.4, -0.2) is 28.1 Å². The lowest BCUT2D eigenvalue weighted by molar-refractivity contribution is 0.432. The van der Waals surface area contributed by atoms with Crippen molar-refractivity contribution in [3.05, 3.63) is 0 Å². The Morgan fingerprint density at radius 1 is 1.36 bits per heavy atom. The van der Waals surface area contributed by atoms with Gasteiger partial charge in [0.15, 0.2) is 0 Å². The third-order valence-corrected chi connectivity index (χ3v) is 4.06. The average molecular weight is 231 g/mol. The maximum absolute atomic E-state index is 5.25. The van der Waals surface area contributed by atoms with Crippen LogP contribution in [0.1, 0.15) is 39.5 Å². The van der Waals surface area contributed by atoms with Crippen molar-refractivity contribution in [3.63, 3.8) is 0 Å². The van der Waals surface area contributed by atoms with Gasteiger partial charge in [-0.15, -0.1) is 0 Å². The van der Waals surface area contributed by atoms with Crippen molar-refractivity contribution < 1.29 is 0 Å². The zero-order chi connectivity index (χ0) is 10.4. The molecule has 0 aromatic carbocycles. The molecule has 0 atom stereocenters. The van der Waals surface area contributed by atoms with Crippen molar-refractivity contribution in [2.24, 2.45) is 5.92 Å². The Kier molecular flexibility index (Phi) is 5.87. The number of thiocarbonyl (C=S) groups is 1. The average Bonchev–Trinajstić information content (AvgIpc) is 2.51. The highest BCUT2D eigenvalue weighted by atomic mass is 32.2. The first-order valence-electron chi connectivity index (χ1n) is 5.62. The van der Waals surface area contributed by atoms with E-state index in [0.717, 1.165) is 10.2 Å². The highest BCUT2D eigenvalue weighted by Crippen LogP contribution is 2.18. The van der Waals surface area contributed by atoms with Crippen LogP contribution in [-0.2, 0) is 0 Å². The monoisotopic (exact) mass is 231 g/mol. The fourth-order valence-corrected chi connectivity index (χ4v) is 2.94. The van der Waals surface area contributed by atoms with Gasteiger partial charge in [-0.25, -0.2) is 0 Å². The van der Waals surface area contributed by atoms with Crippen LogP contribution in [0.3, 0.4) is 0 Å². The Morgan fingerprint density at radius 3 is 2.71 bits per heavy atom. The molecule has 0 radical (unpaired) electrons. The van der Waals surface area contributed by atoms with Crippen LogP contribution in [0.25, 0.3) is 0 Å². The second-order valence-electron chi connectivity index (χ2n) is 4.34. The molecule has 3 heteroatoms. The van der Waals surface area contributed by atoms with Crippen LogP contribution in [0.4, 0.5) is 0 Å². The summed E-state index contributed by atoms with van der Waals surface area (Å²) >= 11 is 7.08. The molecule has 0 unspecified atom stereocenters. The standard InChI is InChI=1S/C11H21NS2/c1-10(2)6-4-3-5-7-12-8-9-14-11(12)13/h10H,3-9H2,1-2H3. The molecule has 1 aliphatic rings. The smallest absolute Gasteiger partial charge is 0.136 e. The minimum Gasteiger partial charge on any atom is -0.357 e. The van der Waals surface area contributed by atoms with Gasteiger partial charge >= 0.3 is 0 Å². The molecule has 0 spiro atoms. The molecule has 82 valence electrons. The lowest BCUT2D eigenvalue weighted by Gasteiger charge is -2.16. The van der Waals surface area contributed by atoms with E-state index in [4.69, 9.17) is 12.2 Å². The molecule has 14 heavy (non-hydrogen) atoms. The summed E-state index contributed by atoms with van der Waals surface area (Å²) in [5.41, 5.74) is 0. The number of nitrogens with zero attached hydrogens (tertiary/aromatic N) is 1. The molecule has 1 saturated heterocycles. The first-order chi connectivity index (χ1) is 6.70. The summed E-state index contributed by atoms with van der Waals surface area (Å²) in [4.78, 5) is 2.36. The van der Waals surface area contributed by atoms with E-state index in [9.17, 15) is 0 Å². The molecule has 1 nitrogen and oxygen atoms in total. The molecular weight excluding hydrogens is 210 g/mol. The van der Waals surface area contributed by atoms with Gasteiger partial charge in [0, 0.05) is 18.8 Å². The van der Waals surface area contributed by atoms with Crippen molar-refractivity contribution in [2.75, 3.05) is 18.8 Å². The molecule has 0 aromatic heterocycles. The van der Waals surface area contributed by atoms with E-state index in [-0.39, 0.29) is 0 Å². The van der Waals surface area contributed by atoms with E-state index < -0.39 is 0 Å². The summed E-state index contributed by atoms with van der Waals surface area (Å²) < 4.78 is 1.12. The van der Waals surface area contributed by atoms with Crippen molar-refractivity contribution in [1.29, 1.82) is 0 Å². The van der Waals surface area contributed by atoms with Gasteiger partial charge in [0.25, 0.3) is 0 Å². The maximum Gasteiger partial charge on any atom is 0.136 e. The fraction of sp³-hybridized carbons (Fsp3) is 0.909. The fourth-order valence-electron chi connectivity index (χ4n) is 1.66. The summed E-state index contributed by atoms with van der Waals surface area (Å²) in [5.74, 6) is 2.06. The zero-order valence-electron chi connectivity index (χ0n) is 9.29. The van der Waals surface area contributed by atoms with Crippen LogP contribution in [0, 0.1) is 5.92 Å². The molecule has 1 rings (SSSR count).